The molecule has 0 radical (unpaired) electrons. The molecule has 1 saturated heterocycles. The minimum absolute atomic E-state index is 0.0349. The lowest BCUT2D eigenvalue weighted by molar-refractivity contribution is -0.113. The maximum Gasteiger partial charge on any atom is 0.271 e. The summed E-state index contributed by atoms with van der Waals surface area (Å²) in [4.78, 5) is 21.0. The van der Waals surface area contributed by atoms with Gasteiger partial charge in [-0.05, 0) is 97.5 Å². The topological polar surface area (TPSA) is 32.7 Å². The summed E-state index contributed by atoms with van der Waals surface area (Å²) in [5.41, 5.74) is 8.63. The zero-order valence-electron chi connectivity index (χ0n) is 19.3. The van der Waals surface area contributed by atoms with E-state index in [1.807, 2.05) is 30.3 Å². The molecule has 3 aromatic carbocycles. The molecule has 1 heterocycles. The van der Waals surface area contributed by atoms with Gasteiger partial charge in [0.05, 0.1) is 16.3 Å². The van der Waals surface area contributed by atoms with E-state index < -0.39 is 0 Å². The van der Waals surface area contributed by atoms with Crippen LogP contribution in [0.4, 0.5) is 11.4 Å². The predicted molar refractivity (Wildman–Crippen MR) is 138 cm³/mol. The van der Waals surface area contributed by atoms with Crippen LogP contribution in [-0.4, -0.2) is 11.1 Å². The van der Waals surface area contributed by atoms with Gasteiger partial charge >= 0.3 is 0 Å². The van der Waals surface area contributed by atoms with Gasteiger partial charge in [-0.3, -0.25) is 9.69 Å². The van der Waals surface area contributed by atoms with Crippen molar-refractivity contribution in [3.8, 4) is 0 Å². The highest BCUT2D eigenvalue weighted by Gasteiger charge is 2.35. The summed E-state index contributed by atoms with van der Waals surface area (Å²) < 4.78 is 0. The molecule has 0 unspecified atom stereocenters. The number of carbonyl (C=O) groups is 1. The van der Waals surface area contributed by atoms with Crippen LogP contribution < -0.4 is 4.90 Å². The molecule has 4 rings (SSSR count). The predicted octanol–water partition coefficient (Wildman–Crippen LogP) is 7.29. The number of nitrogens with zero attached hydrogens (tertiary/aromatic N) is 2. The van der Waals surface area contributed by atoms with Crippen molar-refractivity contribution < 1.29 is 4.79 Å². The van der Waals surface area contributed by atoms with Crippen molar-refractivity contribution in [2.75, 3.05) is 4.90 Å². The van der Waals surface area contributed by atoms with Crippen molar-refractivity contribution in [1.29, 1.82) is 0 Å². The average Bonchev–Trinajstić information content (AvgIpc) is 3.08. The molecule has 3 nitrogen and oxygen atoms in total. The molecule has 1 aliphatic rings. The maximum atomic E-state index is 13.6. The largest absolute Gasteiger partial charge is 0.271 e. The summed E-state index contributed by atoms with van der Waals surface area (Å²) in [6.07, 6.45) is 2.97. The third-order valence-corrected chi connectivity index (χ3v) is 7.07. The van der Waals surface area contributed by atoms with Crippen molar-refractivity contribution in [2.45, 2.75) is 41.0 Å². The zero-order valence-corrected chi connectivity index (χ0v) is 20.1. The smallest absolute Gasteiger partial charge is 0.268 e. The summed E-state index contributed by atoms with van der Waals surface area (Å²) in [6, 6.07) is 20.5. The molecule has 0 atom stereocenters. The van der Waals surface area contributed by atoms with Gasteiger partial charge in [0, 0.05) is 0 Å². The summed E-state index contributed by atoms with van der Waals surface area (Å²) in [5, 5.41) is 0.689. The van der Waals surface area contributed by atoms with Crippen molar-refractivity contribution in [2.24, 2.45) is 4.99 Å². The number of benzene rings is 3. The van der Waals surface area contributed by atoms with Gasteiger partial charge in [-0.2, -0.15) is 0 Å². The van der Waals surface area contributed by atoms with Gasteiger partial charge in [-0.1, -0.05) is 55.5 Å². The Bertz CT molecular complexity index is 1240. The first-order chi connectivity index (χ1) is 15.4. The van der Waals surface area contributed by atoms with Crippen LogP contribution in [0.15, 0.2) is 70.6 Å². The molecule has 0 aromatic heterocycles. The van der Waals surface area contributed by atoms with E-state index in [1.54, 1.807) is 4.90 Å². The van der Waals surface area contributed by atoms with Gasteiger partial charge in [0.1, 0.15) is 0 Å². The van der Waals surface area contributed by atoms with E-state index in [9.17, 15) is 4.79 Å². The van der Waals surface area contributed by atoms with Crippen molar-refractivity contribution in [1.82, 2.24) is 0 Å². The van der Waals surface area contributed by atoms with Crippen LogP contribution in [0, 0.1) is 27.7 Å². The third kappa shape index (κ3) is 4.28. The van der Waals surface area contributed by atoms with Gasteiger partial charge in [-0.25, -0.2) is 4.99 Å². The highest BCUT2D eigenvalue weighted by atomic mass is 32.2. The number of thioether (sulfide) groups is 1. The van der Waals surface area contributed by atoms with Crippen LogP contribution in [-0.2, 0) is 11.2 Å². The Morgan fingerprint density at radius 1 is 0.875 bits per heavy atom. The summed E-state index contributed by atoms with van der Waals surface area (Å²) in [6.45, 7) is 10.4. The molecule has 0 saturated carbocycles. The maximum absolute atomic E-state index is 13.6. The minimum Gasteiger partial charge on any atom is -0.268 e. The van der Waals surface area contributed by atoms with Gasteiger partial charge in [0.2, 0.25) is 0 Å². The molecule has 32 heavy (non-hydrogen) atoms. The molecule has 162 valence electrons. The fourth-order valence-electron chi connectivity index (χ4n) is 3.70. The Morgan fingerprint density at radius 3 is 2.22 bits per heavy atom. The lowest BCUT2D eigenvalue weighted by Gasteiger charge is -2.19. The van der Waals surface area contributed by atoms with Crippen molar-refractivity contribution >= 4 is 40.3 Å². The quantitative estimate of drug-likeness (QED) is 0.399. The van der Waals surface area contributed by atoms with E-state index in [0.29, 0.717) is 10.1 Å². The Labute approximate surface area is 194 Å². The lowest BCUT2D eigenvalue weighted by Crippen LogP contribution is -2.29. The summed E-state index contributed by atoms with van der Waals surface area (Å²) >= 11 is 1.44. The molecule has 1 amide bonds. The molecule has 0 N–H and O–H groups in total. The molecule has 1 fully saturated rings. The van der Waals surface area contributed by atoms with Crippen LogP contribution in [0.3, 0.4) is 0 Å². The van der Waals surface area contributed by atoms with Crippen LogP contribution in [0.2, 0.25) is 0 Å². The highest BCUT2D eigenvalue weighted by molar-refractivity contribution is 8.19. The minimum atomic E-state index is -0.0349. The Morgan fingerprint density at radius 2 is 1.53 bits per heavy atom. The van der Waals surface area contributed by atoms with Crippen molar-refractivity contribution in [3.05, 3.63) is 98.9 Å². The van der Waals surface area contributed by atoms with Gasteiger partial charge in [0.15, 0.2) is 5.17 Å². The van der Waals surface area contributed by atoms with E-state index in [0.717, 1.165) is 40.0 Å². The SMILES string of the molecule is CCc1ccc(C=C2SC(=Nc3cccc(C)c3C)N(c3cccc(C)c3C)C2=O)cc1. The van der Waals surface area contributed by atoms with Gasteiger partial charge < -0.3 is 0 Å². The highest BCUT2D eigenvalue weighted by Crippen LogP contribution is 2.39. The normalized spacial score (nSPS) is 16.4. The summed E-state index contributed by atoms with van der Waals surface area (Å²) in [5.74, 6) is -0.0349. The first kappa shape index (κ1) is 22.1. The number of hydrogen-bond donors (Lipinski definition) is 0. The van der Waals surface area contributed by atoms with E-state index >= 15 is 0 Å². The Balaban J connectivity index is 1.82. The molecule has 0 bridgehead atoms. The van der Waals surface area contributed by atoms with Gasteiger partial charge in [0.25, 0.3) is 5.91 Å². The first-order valence-corrected chi connectivity index (χ1v) is 11.7. The van der Waals surface area contributed by atoms with Crippen molar-refractivity contribution in [3.63, 3.8) is 0 Å². The molecule has 4 heteroatoms. The number of carbonyl (C=O) groups excluding carboxylic acids is 1. The molecule has 1 aliphatic heterocycles. The average molecular weight is 441 g/mol. The molecule has 0 aliphatic carbocycles. The second-order valence-electron chi connectivity index (χ2n) is 8.18. The van der Waals surface area contributed by atoms with Crippen LogP contribution >= 0.6 is 11.8 Å². The van der Waals surface area contributed by atoms with E-state index in [2.05, 4.69) is 71.0 Å². The Hall–Kier alpha value is -3.11. The fourth-order valence-corrected chi connectivity index (χ4v) is 4.69. The molecule has 3 aromatic rings. The first-order valence-electron chi connectivity index (χ1n) is 10.9. The number of rotatable bonds is 4. The monoisotopic (exact) mass is 440 g/mol. The van der Waals surface area contributed by atoms with E-state index in [1.165, 1.54) is 22.9 Å². The lowest BCUT2D eigenvalue weighted by atomic mass is 10.1. The van der Waals surface area contributed by atoms with Gasteiger partial charge in [-0.15, -0.1) is 0 Å². The Kier molecular flexibility index (Phi) is 6.33. The molecule has 0 spiro atoms. The number of amidine groups is 1. The van der Waals surface area contributed by atoms with Crippen LogP contribution in [0.5, 0.6) is 0 Å². The third-order valence-electron chi connectivity index (χ3n) is 6.10. The van der Waals surface area contributed by atoms with E-state index in [-0.39, 0.29) is 5.91 Å². The number of aryl methyl sites for hydroxylation is 3. The molecular weight excluding hydrogens is 412 g/mol. The standard InChI is InChI=1S/C28H28N2OS/c1-6-22-13-15-23(16-14-22)17-26-27(31)30(25-12-8-10-19(3)21(25)5)28(32-26)29-24-11-7-9-18(2)20(24)4/h7-17H,6H2,1-5H3. The number of aliphatic imine (C=N–C) groups is 1. The number of hydrogen-bond acceptors (Lipinski definition) is 3. The van der Waals surface area contributed by atoms with Crippen LogP contribution in [0.1, 0.15) is 40.3 Å². The summed E-state index contributed by atoms with van der Waals surface area (Å²) in [7, 11) is 0. The number of amides is 1. The van der Waals surface area contributed by atoms with E-state index in [4.69, 9.17) is 4.99 Å². The second-order valence-corrected chi connectivity index (χ2v) is 9.19. The molecular formula is C28H28N2OS. The fraction of sp³-hybridized carbons (Fsp3) is 0.214. The van der Waals surface area contributed by atoms with Crippen LogP contribution in [0.25, 0.3) is 6.08 Å². The zero-order chi connectivity index (χ0) is 22.8. The second kappa shape index (κ2) is 9.17. The number of anilines is 1.